The second-order valence-electron chi connectivity index (χ2n) is 12.1. The Hall–Kier alpha value is -5.06. The van der Waals surface area contributed by atoms with E-state index in [9.17, 15) is 0 Å². The van der Waals surface area contributed by atoms with E-state index in [4.69, 9.17) is 11.6 Å². The molecule has 5 heteroatoms. The molecule has 218 valence electrons. The summed E-state index contributed by atoms with van der Waals surface area (Å²) < 4.78 is 0. The molecule has 8 rings (SSSR count). The van der Waals surface area contributed by atoms with Crippen molar-refractivity contribution in [2.75, 3.05) is 4.90 Å². The molecule has 1 heterocycles. The number of hydrogen-bond acceptors (Lipinski definition) is 3. The molecule has 2 amide bonds. The van der Waals surface area contributed by atoms with Gasteiger partial charge in [-0.3, -0.25) is 14.4 Å². The van der Waals surface area contributed by atoms with Crippen molar-refractivity contribution in [2.24, 2.45) is 11.8 Å². The van der Waals surface area contributed by atoms with Gasteiger partial charge in [0.2, 0.25) is 11.8 Å². The van der Waals surface area contributed by atoms with E-state index in [1.807, 2.05) is 134 Å². The smallest absolute Gasteiger partial charge is 0.239 e. The number of nitrogens with zero attached hydrogens (tertiary/aromatic N) is 1. The Labute approximate surface area is 266 Å². The van der Waals surface area contributed by atoms with E-state index in [0.29, 0.717) is 21.8 Å². The zero-order valence-corrected chi connectivity index (χ0v) is 25.2. The van der Waals surface area contributed by atoms with Crippen LogP contribution in [0.5, 0.6) is 0 Å². The topological polar surface area (TPSA) is 54.5 Å². The maximum Gasteiger partial charge on any atom is 0.239 e. The van der Waals surface area contributed by atoms with Crippen molar-refractivity contribution in [1.82, 2.24) is 0 Å². The molecule has 2 fully saturated rings. The largest absolute Gasteiger partial charge is 0.297 e. The average molecular weight is 606 g/mol. The summed E-state index contributed by atoms with van der Waals surface area (Å²) in [6.45, 7) is 1.86. The van der Waals surface area contributed by atoms with Crippen LogP contribution in [0, 0.1) is 18.8 Å². The van der Waals surface area contributed by atoms with Crippen LogP contribution < -0.4 is 4.90 Å². The highest BCUT2D eigenvalue weighted by atomic mass is 35.5. The number of hydrogen-bond donors (Lipinski definition) is 0. The number of halogens is 1. The molecule has 1 saturated heterocycles. The summed E-state index contributed by atoms with van der Waals surface area (Å²) in [5, 5.41) is 0.427. The van der Waals surface area contributed by atoms with Gasteiger partial charge in [0.25, 0.3) is 0 Å². The first-order valence-corrected chi connectivity index (χ1v) is 15.5. The highest BCUT2D eigenvalue weighted by molar-refractivity contribution is 6.39. The number of Topliss-reactive ketones (excluding diaryl/α,β-unsaturated/α-hetero) is 1. The van der Waals surface area contributed by atoms with Gasteiger partial charge >= 0.3 is 0 Å². The minimum atomic E-state index is -1.43. The van der Waals surface area contributed by atoms with Gasteiger partial charge in [0, 0.05) is 5.02 Å². The molecule has 0 spiro atoms. The maximum absolute atomic E-state index is 15.9. The lowest BCUT2D eigenvalue weighted by molar-refractivity contribution is -0.130. The average Bonchev–Trinajstić information content (AvgIpc) is 3.59. The van der Waals surface area contributed by atoms with Crippen LogP contribution in [-0.2, 0) is 25.2 Å². The van der Waals surface area contributed by atoms with Gasteiger partial charge in [0.15, 0.2) is 5.78 Å². The molecule has 4 atom stereocenters. The van der Waals surface area contributed by atoms with Crippen LogP contribution in [0.1, 0.15) is 27.8 Å². The van der Waals surface area contributed by atoms with Crippen LogP contribution >= 0.6 is 11.6 Å². The molecular formula is C40H28ClNO3. The predicted octanol–water partition coefficient (Wildman–Crippen LogP) is 7.84. The minimum Gasteiger partial charge on any atom is -0.297 e. The number of rotatable bonds is 5. The third-order valence-electron chi connectivity index (χ3n) is 9.99. The van der Waals surface area contributed by atoms with Gasteiger partial charge in [-0.25, -0.2) is 4.90 Å². The van der Waals surface area contributed by atoms with Gasteiger partial charge in [-0.05, 0) is 58.0 Å². The van der Waals surface area contributed by atoms with Gasteiger partial charge in [-0.1, -0.05) is 139 Å². The van der Waals surface area contributed by atoms with Gasteiger partial charge in [-0.15, -0.1) is 0 Å². The number of carbonyl (C=O) groups excluding carboxylic acids is 3. The molecular weight excluding hydrogens is 578 g/mol. The Morgan fingerprint density at radius 1 is 0.556 bits per heavy atom. The SMILES string of the molecule is Cc1ccc(Cl)cc1N1C(=O)[C@@H]2[C@@H](C1=O)[C@@]1(c3ccccc3)C(=O)[C@@]2(c2ccccc2)C(c2ccccc2)=C1c1ccccc1. The third-order valence-corrected chi connectivity index (χ3v) is 10.2. The number of benzene rings is 5. The molecule has 4 nitrogen and oxygen atoms in total. The zero-order valence-electron chi connectivity index (χ0n) is 24.5. The lowest BCUT2D eigenvalue weighted by atomic mass is 9.59. The van der Waals surface area contributed by atoms with E-state index in [1.165, 1.54) is 4.90 Å². The summed E-state index contributed by atoms with van der Waals surface area (Å²) >= 11 is 6.45. The van der Waals surface area contributed by atoms with Crippen molar-refractivity contribution in [2.45, 2.75) is 17.8 Å². The van der Waals surface area contributed by atoms with Crippen molar-refractivity contribution < 1.29 is 14.4 Å². The third kappa shape index (κ3) is 3.46. The van der Waals surface area contributed by atoms with Crippen LogP contribution in [0.2, 0.25) is 5.02 Å². The summed E-state index contributed by atoms with van der Waals surface area (Å²) in [4.78, 5) is 47.3. The standard InChI is InChI=1S/C40H28ClNO3/c1-25-22-23-30(41)24-31(25)42-36(43)34-35(37(42)44)40(29-20-12-5-13-21-29)33(27-16-8-3-9-17-27)32(26-14-6-2-7-15-26)39(34,38(40)45)28-18-10-4-11-19-28/h2-24,34-35H,1H3/t34-,35-,39-,40-/m0/s1. The Bertz CT molecular complexity index is 1920. The number of anilines is 1. The summed E-state index contributed by atoms with van der Waals surface area (Å²) in [6, 6.07) is 44.1. The number of ketones is 1. The molecule has 1 aliphatic heterocycles. The first-order valence-electron chi connectivity index (χ1n) is 15.1. The van der Waals surface area contributed by atoms with Crippen LogP contribution in [-0.4, -0.2) is 17.6 Å². The quantitative estimate of drug-likeness (QED) is 0.192. The van der Waals surface area contributed by atoms with E-state index in [2.05, 4.69) is 0 Å². The summed E-state index contributed by atoms with van der Waals surface area (Å²) in [5.41, 5.74) is 3.02. The fourth-order valence-electron chi connectivity index (χ4n) is 8.39. The molecule has 0 unspecified atom stereocenters. The lowest BCUT2D eigenvalue weighted by Gasteiger charge is -2.39. The van der Waals surface area contributed by atoms with Crippen molar-refractivity contribution in [3.63, 3.8) is 0 Å². The van der Waals surface area contributed by atoms with Crippen LogP contribution in [0.15, 0.2) is 140 Å². The fourth-order valence-corrected chi connectivity index (χ4v) is 8.56. The Morgan fingerprint density at radius 3 is 1.38 bits per heavy atom. The van der Waals surface area contributed by atoms with Crippen molar-refractivity contribution in [3.05, 3.63) is 172 Å². The molecule has 3 aliphatic rings. The first kappa shape index (κ1) is 27.5. The number of carbonyl (C=O) groups is 3. The number of allylic oxidation sites excluding steroid dienone is 2. The van der Waals surface area contributed by atoms with Gasteiger partial charge in [-0.2, -0.15) is 0 Å². The molecule has 0 N–H and O–H groups in total. The Kier molecular flexibility index (Phi) is 6.10. The molecule has 5 aromatic rings. The number of imide groups is 1. The van der Waals surface area contributed by atoms with Crippen molar-refractivity contribution in [1.29, 1.82) is 0 Å². The fraction of sp³-hybridized carbons (Fsp3) is 0.125. The van der Waals surface area contributed by atoms with Gasteiger partial charge in [0.05, 0.1) is 28.4 Å². The molecule has 2 aliphatic carbocycles. The maximum atomic E-state index is 15.9. The number of fused-ring (bicyclic) bond motifs is 5. The summed E-state index contributed by atoms with van der Waals surface area (Å²) in [7, 11) is 0. The van der Waals surface area contributed by atoms with E-state index in [1.54, 1.807) is 12.1 Å². The first-order chi connectivity index (χ1) is 21.9. The van der Waals surface area contributed by atoms with Crippen LogP contribution in [0.4, 0.5) is 5.69 Å². The minimum absolute atomic E-state index is 0.135. The number of amides is 2. The second-order valence-corrected chi connectivity index (χ2v) is 12.5. The highest BCUT2D eigenvalue weighted by Gasteiger charge is 2.82. The summed E-state index contributed by atoms with van der Waals surface area (Å²) in [5.74, 6) is -2.84. The molecule has 45 heavy (non-hydrogen) atoms. The molecule has 0 aromatic heterocycles. The van der Waals surface area contributed by atoms with Gasteiger partial charge in [0.1, 0.15) is 0 Å². The lowest BCUT2D eigenvalue weighted by Crippen LogP contribution is -2.45. The zero-order chi connectivity index (χ0) is 30.9. The monoisotopic (exact) mass is 605 g/mol. The van der Waals surface area contributed by atoms with E-state index < -0.39 is 22.7 Å². The second kappa shape index (κ2) is 9.98. The van der Waals surface area contributed by atoms with Crippen molar-refractivity contribution >= 4 is 46.0 Å². The van der Waals surface area contributed by atoms with Gasteiger partial charge < -0.3 is 0 Å². The number of aryl methyl sites for hydroxylation is 1. The molecule has 2 bridgehead atoms. The Balaban J connectivity index is 1.56. The van der Waals surface area contributed by atoms with Crippen molar-refractivity contribution in [3.8, 4) is 0 Å². The molecule has 0 radical (unpaired) electrons. The van der Waals surface area contributed by atoms with E-state index in [-0.39, 0.29) is 17.6 Å². The molecule has 5 aromatic carbocycles. The Morgan fingerprint density at radius 2 is 0.956 bits per heavy atom. The van der Waals surface area contributed by atoms with Crippen LogP contribution in [0.3, 0.4) is 0 Å². The molecule has 1 saturated carbocycles. The van der Waals surface area contributed by atoms with Crippen LogP contribution in [0.25, 0.3) is 11.1 Å². The van der Waals surface area contributed by atoms with E-state index in [0.717, 1.165) is 27.8 Å². The predicted molar refractivity (Wildman–Crippen MR) is 177 cm³/mol. The summed E-state index contributed by atoms with van der Waals surface area (Å²) in [6.07, 6.45) is 0. The van der Waals surface area contributed by atoms with E-state index >= 15 is 14.4 Å². The highest BCUT2D eigenvalue weighted by Crippen LogP contribution is 2.74. The normalized spacial score (nSPS) is 25.3.